The van der Waals surface area contributed by atoms with Crippen molar-refractivity contribution in [1.82, 2.24) is 5.32 Å². The van der Waals surface area contributed by atoms with Gasteiger partial charge >= 0.3 is 0 Å². The number of nitrogens with zero attached hydrogens (tertiary/aromatic N) is 1. The summed E-state index contributed by atoms with van der Waals surface area (Å²) in [6.07, 6.45) is 6.76. The van der Waals surface area contributed by atoms with Crippen molar-refractivity contribution in [3.05, 3.63) is 0 Å². The predicted octanol–water partition coefficient (Wildman–Crippen LogP) is 3.26. The van der Waals surface area contributed by atoms with E-state index >= 15 is 0 Å². The molecule has 3 nitrogen and oxygen atoms in total. The van der Waals surface area contributed by atoms with E-state index in [9.17, 15) is 4.79 Å². The molecule has 1 saturated carbocycles. The van der Waals surface area contributed by atoms with Gasteiger partial charge in [-0.25, -0.2) is 0 Å². The first-order chi connectivity index (χ1) is 8.53. The standard InChI is InChI=1S/C15H26N2O/c1-4-13(10-16)14(18)17-11-15(9-12(2)3)7-5-6-8-15/h12-13H,4-9,11H2,1-3H3,(H,17,18). The van der Waals surface area contributed by atoms with Crippen molar-refractivity contribution in [2.45, 2.75) is 59.3 Å². The van der Waals surface area contributed by atoms with Gasteiger partial charge in [0.15, 0.2) is 0 Å². The third kappa shape index (κ3) is 4.01. The first-order valence-electron chi connectivity index (χ1n) is 7.20. The lowest BCUT2D eigenvalue weighted by Gasteiger charge is -2.31. The fraction of sp³-hybridized carbons (Fsp3) is 0.867. The Hall–Kier alpha value is -1.04. The second kappa shape index (κ2) is 6.78. The topological polar surface area (TPSA) is 52.9 Å². The predicted molar refractivity (Wildman–Crippen MR) is 72.8 cm³/mol. The van der Waals surface area contributed by atoms with E-state index in [1.807, 2.05) is 6.92 Å². The van der Waals surface area contributed by atoms with Gasteiger partial charge in [0.1, 0.15) is 5.92 Å². The average molecular weight is 250 g/mol. The number of hydrogen-bond donors (Lipinski definition) is 1. The van der Waals surface area contributed by atoms with Crippen LogP contribution >= 0.6 is 0 Å². The molecule has 1 fully saturated rings. The van der Waals surface area contributed by atoms with Gasteiger partial charge in [0.05, 0.1) is 6.07 Å². The molecule has 0 saturated heterocycles. The molecule has 0 bridgehead atoms. The number of hydrogen-bond acceptors (Lipinski definition) is 2. The number of rotatable bonds is 6. The van der Waals surface area contributed by atoms with Gasteiger partial charge < -0.3 is 5.32 Å². The molecular weight excluding hydrogens is 224 g/mol. The second-order valence-electron chi connectivity index (χ2n) is 6.11. The van der Waals surface area contributed by atoms with E-state index in [0.717, 1.165) is 6.54 Å². The van der Waals surface area contributed by atoms with Crippen LogP contribution in [-0.4, -0.2) is 12.5 Å². The Morgan fingerprint density at radius 2 is 2.00 bits per heavy atom. The van der Waals surface area contributed by atoms with Crippen LogP contribution in [0.4, 0.5) is 0 Å². The minimum Gasteiger partial charge on any atom is -0.354 e. The van der Waals surface area contributed by atoms with E-state index in [-0.39, 0.29) is 11.3 Å². The summed E-state index contributed by atoms with van der Waals surface area (Å²) >= 11 is 0. The minimum absolute atomic E-state index is 0.0879. The number of amides is 1. The maximum atomic E-state index is 11.9. The third-order valence-corrected chi connectivity index (χ3v) is 4.02. The van der Waals surface area contributed by atoms with Gasteiger partial charge in [0.2, 0.25) is 5.91 Å². The monoisotopic (exact) mass is 250 g/mol. The molecule has 18 heavy (non-hydrogen) atoms. The number of carbonyl (C=O) groups excluding carboxylic acids is 1. The zero-order chi connectivity index (χ0) is 13.6. The van der Waals surface area contributed by atoms with Crippen LogP contribution in [0.15, 0.2) is 0 Å². The summed E-state index contributed by atoms with van der Waals surface area (Å²) in [5.41, 5.74) is 0.289. The number of nitriles is 1. The van der Waals surface area contributed by atoms with Crippen molar-refractivity contribution >= 4 is 5.91 Å². The van der Waals surface area contributed by atoms with E-state index < -0.39 is 5.92 Å². The zero-order valence-electron chi connectivity index (χ0n) is 12.0. The third-order valence-electron chi connectivity index (χ3n) is 4.02. The highest BCUT2D eigenvalue weighted by molar-refractivity contribution is 5.80. The highest BCUT2D eigenvalue weighted by Gasteiger charge is 2.35. The Morgan fingerprint density at radius 1 is 1.39 bits per heavy atom. The van der Waals surface area contributed by atoms with Gasteiger partial charge in [-0.15, -0.1) is 0 Å². The summed E-state index contributed by atoms with van der Waals surface area (Å²) in [6.45, 7) is 7.12. The first-order valence-corrected chi connectivity index (χ1v) is 7.20. The molecule has 1 unspecified atom stereocenters. The van der Waals surface area contributed by atoms with Gasteiger partial charge in [-0.1, -0.05) is 33.6 Å². The second-order valence-corrected chi connectivity index (χ2v) is 6.11. The smallest absolute Gasteiger partial charge is 0.237 e. The molecule has 0 heterocycles. The lowest BCUT2D eigenvalue weighted by Crippen LogP contribution is -2.39. The van der Waals surface area contributed by atoms with Gasteiger partial charge in [-0.2, -0.15) is 5.26 Å². The van der Waals surface area contributed by atoms with Crippen LogP contribution in [0.1, 0.15) is 59.3 Å². The molecule has 3 heteroatoms. The molecule has 0 aromatic rings. The molecule has 1 amide bonds. The summed E-state index contributed by atoms with van der Waals surface area (Å²) in [7, 11) is 0. The number of nitrogens with one attached hydrogen (secondary N) is 1. The molecule has 1 N–H and O–H groups in total. The van der Waals surface area contributed by atoms with Crippen LogP contribution in [0.2, 0.25) is 0 Å². The minimum atomic E-state index is -0.484. The van der Waals surface area contributed by atoms with E-state index in [2.05, 4.69) is 25.2 Å². The molecule has 1 rings (SSSR count). The van der Waals surface area contributed by atoms with Crippen molar-refractivity contribution < 1.29 is 4.79 Å². The van der Waals surface area contributed by atoms with E-state index in [1.165, 1.54) is 32.1 Å². The Kier molecular flexibility index (Phi) is 5.65. The molecule has 0 aliphatic heterocycles. The Bertz CT molecular complexity index is 311. The largest absolute Gasteiger partial charge is 0.354 e. The van der Waals surface area contributed by atoms with Gasteiger partial charge in [-0.3, -0.25) is 4.79 Å². The highest BCUT2D eigenvalue weighted by Crippen LogP contribution is 2.42. The fourth-order valence-corrected chi connectivity index (χ4v) is 3.18. The van der Waals surface area contributed by atoms with E-state index in [0.29, 0.717) is 12.3 Å². The van der Waals surface area contributed by atoms with Crippen LogP contribution in [0.5, 0.6) is 0 Å². The molecule has 1 aliphatic carbocycles. The quantitative estimate of drug-likeness (QED) is 0.786. The SMILES string of the molecule is CCC(C#N)C(=O)NCC1(CC(C)C)CCCC1. The first kappa shape index (κ1) is 15.0. The Morgan fingerprint density at radius 3 is 2.44 bits per heavy atom. The summed E-state index contributed by atoms with van der Waals surface area (Å²) in [4.78, 5) is 11.9. The van der Waals surface area contributed by atoms with Crippen LogP contribution in [0.25, 0.3) is 0 Å². The van der Waals surface area contributed by atoms with Crippen molar-refractivity contribution in [3.8, 4) is 6.07 Å². The van der Waals surface area contributed by atoms with Crippen LogP contribution in [-0.2, 0) is 4.79 Å². The summed E-state index contributed by atoms with van der Waals surface area (Å²) in [5, 5.41) is 11.9. The van der Waals surface area contributed by atoms with Crippen molar-refractivity contribution in [1.29, 1.82) is 5.26 Å². The molecule has 0 aromatic carbocycles. The van der Waals surface area contributed by atoms with Crippen LogP contribution < -0.4 is 5.32 Å². The maximum absolute atomic E-state index is 11.9. The van der Waals surface area contributed by atoms with Gasteiger partial charge in [-0.05, 0) is 37.0 Å². The van der Waals surface area contributed by atoms with E-state index in [4.69, 9.17) is 5.26 Å². The lowest BCUT2D eigenvalue weighted by atomic mass is 9.78. The summed E-state index contributed by atoms with van der Waals surface area (Å²) in [6, 6.07) is 2.07. The number of carbonyl (C=O) groups is 1. The molecular formula is C15H26N2O. The van der Waals surface area contributed by atoms with Crippen LogP contribution in [0, 0.1) is 28.6 Å². The van der Waals surface area contributed by atoms with Crippen LogP contribution in [0.3, 0.4) is 0 Å². The summed E-state index contributed by atoms with van der Waals surface area (Å²) < 4.78 is 0. The Balaban J connectivity index is 2.53. The zero-order valence-corrected chi connectivity index (χ0v) is 12.0. The summed E-state index contributed by atoms with van der Waals surface area (Å²) in [5.74, 6) is 0.0930. The van der Waals surface area contributed by atoms with E-state index in [1.54, 1.807) is 0 Å². The van der Waals surface area contributed by atoms with Gasteiger partial charge in [0.25, 0.3) is 0 Å². The Labute approximate surface area is 111 Å². The van der Waals surface area contributed by atoms with Crippen molar-refractivity contribution in [2.24, 2.45) is 17.3 Å². The molecule has 0 aromatic heterocycles. The van der Waals surface area contributed by atoms with Gasteiger partial charge in [0, 0.05) is 6.54 Å². The van der Waals surface area contributed by atoms with Crippen molar-refractivity contribution in [2.75, 3.05) is 6.54 Å². The molecule has 1 atom stereocenters. The molecule has 102 valence electrons. The molecule has 0 spiro atoms. The van der Waals surface area contributed by atoms with Crippen molar-refractivity contribution in [3.63, 3.8) is 0 Å². The molecule has 1 aliphatic rings. The average Bonchev–Trinajstić information content (AvgIpc) is 2.76. The lowest BCUT2D eigenvalue weighted by molar-refractivity contribution is -0.124. The molecule has 0 radical (unpaired) electrons. The highest BCUT2D eigenvalue weighted by atomic mass is 16.1. The fourth-order valence-electron chi connectivity index (χ4n) is 3.18. The normalized spacial score (nSPS) is 19.5. The maximum Gasteiger partial charge on any atom is 0.237 e.